The highest BCUT2D eigenvalue weighted by atomic mass is 16.5. The van der Waals surface area contributed by atoms with E-state index in [1.165, 1.54) is 6.21 Å². The van der Waals surface area contributed by atoms with Crippen LogP contribution in [0.25, 0.3) is 0 Å². The Morgan fingerprint density at radius 1 is 1.03 bits per heavy atom. The molecule has 0 aromatic heterocycles. The summed E-state index contributed by atoms with van der Waals surface area (Å²) in [4.78, 5) is 23.7. The third kappa shape index (κ3) is 8.35. The predicted molar refractivity (Wildman–Crippen MR) is 119 cm³/mol. The van der Waals surface area contributed by atoms with Crippen LogP contribution in [0, 0.1) is 0 Å². The fourth-order valence-electron chi connectivity index (χ4n) is 2.64. The normalized spacial score (nSPS) is 10.5. The van der Waals surface area contributed by atoms with E-state index < -0.39 is 0 Å². The smallest absolute Gasteiger partial charge is 0.271 e. The standard InChI is InChI=1S/C22H28N4O5/c1-30-19-12-16(13-20(14-19)31-2)15-25-26-22(29)17-5-7-18(8-6-17)23-9-3-4-21(28)24-10-11-27/h5-8,12-15,23,27H,3-4,9-11H2,1-2H3,(H,24,28)(H,26,29)/b25-15+. The second kappa shape index (κ2) is 12.9. The fraction of sp³-hybridized carbons (Fsp3) is 0.318. The summed E-state index contributed by atoms with van der Waals surface area (Å²) >= 11 is 0. The van der Waals surface area contributed by atoms with Gasteiger partial charge in [-0.1, -0.05) is 0 Å². The van der Waals surface area contributed by atoms with Gasteiger partial charge in [0, 0.05) is 42.4 Å². The van der Waals surface area contributed by atoms with Crippen molar-refractivity contribution >= 4 is 23.7 Å². The lowest BCUT2D eigenvalue weighted by atomic mass is 10.2. The highest BCUT2D eigenvalue weighted by Crippen LogP contribution is 2.21. The van der Waals surface area contributed by atoms with Gasteiger partial charge >= 0.3 is 0 Å². The monoisotopic (exact) mass is 428 g/mol. The number of amides is 2. The summed E-state index contributed by atoms with van der Waals surface area (Å²) in [5.74, 6) is 0.830. The first kappa shape index (κ1) is 23.7. The number of rotatable bonds is 12. The molecule has 9 heteroatoms. The average molecular weight is 428 g/mol. The van der Waals surface area contributed by atoms with Crippen molar-refractivity contribution in [1.82, 2.24) is 10.7 Å². The first-order valence-corrected chi connectivity index (χ1v) is 9.83. The van der Waals surface area contributed by atoms with E-state index in [9.17, 15) is 9.59 Å². The zero-order chi connectivity index (χ0) is 22.5. The minimum atomic E-state index is -0.335. The molecule has 0 bridgehead atoms. The molecular weight excluding hydrogens is 400 g/mol. The maximum atomic E-state index is 12.3. The molecule has 2 amide bonds. The van der Waals surface area contributed by atoms with E-state index in [0.29, 0.717) is 36.4 Å². The summed E-state index contributed by atoms with van der Waals surface area (Å²) in [6.45, 7) is 0.824. The number of hydrogen-bond donors (Lipinski definition) is 4. The lowest BCUT2D eigenvalue weighted by Gasteiger charge is -2.08. The number of methoxy groups -OCH3 is 2. The summed E-state index contributed by atoms with van der Waals surface area (Å²) in [5, 5.41) is 18.4. The Hall–Kier alpha value is -3.59. The second-order valence-corrected chi connectivity index (χ2v) is 6.53. The number of anilines is 1. The Labute approximate surface area is 181 Å². The Balaban J connectivity index is 1.80. The number of aliphatic hydroxyl groups excluding tert-OH is 1. The van der Waals surface area contributed by atoms with Crippen LogP contribution in [0.1, 0.15) is 28.8 Å². The summed E-state index contributed by atoms with van der Waals surface area (Å²) < 4.78 is 10.4. The van der Waals surface area contributed by atoms with Gasteiger partial charge in [-0.25, -0.2) is 5.43 Å². The molecular formula is C22H28N4O5. The molecule has 0 aliphatic heterocycles. The number of hydrazone groups is 1. The van der Waals surface area contributed by atoms with E-state index in [0.717, 1.165) is 11.3 Å². The lowest BCUT2D eigenvalue weighted by molar-refractivity contribution is -0.121. The van der Waals surface area contributed by atoms with Crippen molar-refractivity contribution in [2.75, 3.05) is 39.2 Å². The third-order valence-electron chi connectivity index (χ3n) is 4.24. The fourth-order valence-corrected chi connectivity index (χ4v) is 2.64. The summed E-state index contributed by atoms with van der Waals surface area (Å²) in [6.07, 6.45) is 2.55. The molecule has 0 fully saturated rings. The molecule has 2 rings (SSSR count). The Morgan fingerprint density at radius 2 is 1.71 bits per heavy atom. The van der Waals surface area contributed by atoms with Gasteiger partial charge < -0.3 is 25.2 Å². The van der Waals surface area contributed by atoms with E-state index in [1.807, 2.05) is 0 Å². The van der Waals surface area contributed by atoms with Crippen LogP contribution in [0.4, 0.5) is 5.69 Å². The maximum Gasteiger partial charge on any atom is 0.271 e. The number of hydrogen-bond acceptors (Lipinski definition) is 7. The molecule has 0 unspecified atom stereocenters. The lowest BCUT2D eigenvalue weighted by Crippen LogP contribution is -2.26. The molecule has 2 aromatic rings. The van der Waals surface area contributed by atoms with Gasteiger partial charge in [0.15, 0.2) is 0 Å². The summed E-state index contributed by atoms with van der Waals surface area (Å²) in [7, 11) is 3.12. The molecule has 0 aliphatic carbocycles. The summed E-state index contributed by atoms with van der Waals surface area (Å²) in [6, 6.07) is 12.3. The molecule has 4 N–H and O–H groups in total. The molecule has 0 saturated carbocycles. The first-order chi connectivity index (χ1) is 15.0. The van der Waals surface area contributed by atoms with Gasteiger partial charge in [-0.05, 0) is 42.8 Å². The molecule has 0 heterocycles. The zero-order valence-electron chi connectivity index (χ0n) is 17.7. The van der Waals surface area contributed by atoms with Crippen LogP contribution < -0.4 is 25.5 Å². The number of nitrogens with one attached hydrogen (secondary N) is 3. The van der Waals surface area contributed by atoms with Crippen molar-refractivity contribution in [1.29, 1.82) is 0 Å². The van der Waals surface area contributed by atoms with Crippen molar-refractivity contribution in [2.45, 2.75) is 12.8 Å². The Bertz CT molecular complexity index is 862. The van der Waals surface area contributed by atoms with Crippen molar-refractivity contribution in [3.05, 3.63) is 53.6 Å². The predicted octanol–water partition coefficient (Wildman–Crippen LogP) is 1.77. The Morgan fingerprint density at radius 3 is 2.32 bits per heavy atom. The van der Waals surface area contributed by atoms with Crippen molar-refractivity contribution in [3.63, 3.8) is 0 Å². The molecule has 0 radical (unpaired) electrons. The van der Waals surface area contributed by atoms with Crippen molar-refractivity contribution in [3.8, 4) is 11.5 Å². The van der Waals surface area contributed by atoms with E-state index in [1.54, 1.807) is 56.7 Å². The highest BCUT2D eigenvalue weighted by molar-refractivity contribution is 5.95. The van der Waals surface area contributed by atoms with Gasteiger partial charge in [-0.15, -0.1) is 0 Å². The number of nitrogens with zero attached hydrogens (tertiary/aromatic N) is 1. The van der Waals surface area contributed by atoms with E-state index in [2.05, 4.69) is 21.2 Å². The number of carbonyl (C=O) groups excluding carboxylic acids is 2. The van der Waals surface area contributed by atoms with Gasteiger partial charge in [0.05, 0.1) is 27.0 Å². The molecule has 0 aliphatic rings. The van der Waals surface area contributed by atoms with Crippen LogP contribution >= 0.6 is 0 Å². The quantitative estimate of drug-likeness (QED) is 0.232. The number of ether oxygens (including phenoxy) is 2. The minimum absolute atomic E-state index is 0.0645. The van der Waals surface area contributed by atoms with Crippen LogP contribution in [-0.2, 0) is 4.79 Å². The van der Waals surface area contributed by atoms with Crippen molar-refractivity contribution < 1.29 is 24.2 Å². The van der Waals surface area contributed by atoms with Gasteiger partial charge in [-0.2, -0.15) is 5.10 Å². The number of aliphatic hydroxyl groups is 1. The SMILES string of the molecule is COc1cc(/C=N/NC(=O)c2ccc(NCCCC(=O)NCCO)cc2)cc(OC)c1. The maximum absolute atomic E-state index is 12.3. The van der Waals surface area contributed by atoms with Gasteiger partial charge in [0.2, 0.25) is 5.91 Å². The first-order valence-electron chi connectivity index (χ1n) is 9.83. The minimum Gasteiger partial charge on any atom is -0.497 e. The molecule has 9 nitrogen and oxygen atoms in total. The highest BCUT2D eigenvalue weighted by Gasteiger charge is 2.05. The molecule has 0 saturated heterocycles. The van der Waals surface area contributed by atoms with Gasteiger partial charge in [-0.3, -0.25) is 9.59 Å². The molecule has 0 spiro atoms. The van der Waals surface area contributed by atoms with E-state index in [4.69, 9.17) is 14.6 Å². The van der Waals surface area contributed by atoms with Crippen LogP contribution in [0.15, 0.2) is 47.6 Å². The average Bonchev–Trinajstić information content (AvgIpc) is 2.80. The van der Waals surface area contributed by atoms with Crippen molar-refractivity contribution in [2.24, 2.45) is 5.10 Å². The Kier molecular flexibility index (Phi) is 9.83. The zero-order valence-corrected chi connectivity index (χ0v) is 17.7. The number of benzene rings is 2. The van der Waals surface area contributed by atoms with Crippen LogP contribution in [-0.4, -0.2) is 57.1 Å². The van der Waals surface area contributed by atoms with Crippen LogP contribution in [0.5, 0.6) is 11.5 Å². The largest absolute Gasteiger partial charge is 0.497 e. The van der Waals surface area contributed by atoms with E-state index >= 15 is 0 Å². The molecule has 166 valence electrons. The second-order valence-electron chi connectivity index (χ2n) is 6.53. The third-order valence-corrected chi connectivity index (χ3v) is 4.24. The number of carbonyl (C=O) groups is 2. The van der Waals surface area contributed by atoms with Crippen LogP contribution in [0.2, 0.25) is 0 Å². The summed E-state index contributed by atoms with van der Waals surface area (Å²) in [5.41, 5.74) is 4.53. The van der Waals surface area contributed by atoms with Crippen LogP contribution in [0.3, 0.4) is 0 Å². The van der Waals surface area contributed by atoms with Gasteiger partial charge in [0.1, 0.15) is 11.5 Å². The molecule has 2 aromatic carbocycles. The van der Waals surface area contributed by atoms with Gasteiger partial charge in [0.25, 0.3) is 5.91 Å². The topological polar surface area (TPSA) is 121 Å². The molecule has 0 atom stereocenters. The molecule has 31 heavy (non-hydrogen) atoms. The van der Waals surface area contributed by atoms with E-state index in [-0.39, 0.29) is 25.0 Å².